The average Bonchev–Trinajstić information content (AvgIpc) is 2.65. The zero-order chi connectivity index (χ0) is 18.4. The van der Waals surface area contributed by atoms with Gasteiger partial charge in [0.2, 0.25) is 5.95 Å². The smallest absolute Gasteiger partial charge is 0.225 e. The number of pyridine rings is 1. The summed E-state index contributed by atoms with van der Waals surface area (Å²) < 4.78 is 14.0. The summed E-state index contributed by atoms with van der Waals surface area (Å²) in [4.78, 5) is 12.8. The number of rotatable bonds is 7. The van der Waals surface area contributed by atoms with Crippen molar-refractivity contribution in [3.63, 3.8) is 0 Å². The standard InChI is InChI=1S/C18H17ClFN5O/c19-13-2-3-14(20)16(10-13)23-17-11-15(12-4-7-21-8-5-12)24-18(25-17)22-6-1-9-26/h2-5,7-8,10-11,26H,1,6,9H2,(H2,22,23,24,25). The zero-order valence-corrected chi connectivity index (χ0v) is 14.5. The number of aromatic nitrogens is 3. The number of aliphatic hydroxyl groups is 1. The van der Waals surface area contributed by atoms with Gasteiger partial charge in [-0.2, -0.15) is 4.98 Å². The predicted octanol–water partition coefficient (Wildman–Crippen LogP) is 3.87. The third-order valence-corrected chi connectivity index (χ3v) is 3.75. The van der Waals surface area contributed by atoms with Crippen LogP contribution in [-0.4, -0.2) is 33.2 Å². The molecule has 0 saturated carbocycles. The minimum atomic E-state index is -0.437. The lowest BCUT2D eigenvalue weighted by molar-refractivity contribution is 0.292. The maximum atomic E-state index is 14.0. The normalized spacial score (nSPS) is 10.6. The van der Waals surface area contributed by atoms with Crippen LogP contribution in [0.3, 0.4) is 0 Å². The molecule has 3 N–H and O–H groups in total. The van der Waals surface area contributed by atoms with Gasteiger partial charge in [0.05, 0.1) is 11.4 Å². The molecule has 0 radical (unpaired) electrons. The van der Waals surface area contributed by atoms with Gasteiger partial charge in [-0.1, -0.05) is 11.6 Å². The Hall–Kier alpha value is -2.77. The van der Waals surface area contributed by atoms with Crippen LogP contribution >= 0.6 is 11.6 Å². The van der Waals surface area contributed by atoms with Crippen LogP contribution in [0.2, 0.25) is 5.02 Å². The molecule has 0 amide bonds. The van der Waals surface area contributed by atoms with Gasteiger partial charge in [0.1, 0.15) is 11.6 Å². The number of anilines is 3. The molecule has 0 saturated heterocycles. The molecule has 2 aromatic heterocycles. The minimum absolute atomic E-state index is 0.0654. The van der Waals surface area contributed by atoms with Crippen molar-refractivity contribution in [2.45, 2.75) is 6.42 Å². The maximum absolute atomic E-state index is 14.0. The van der Waals surface area contributed by atoms with Gasteiger partial charge in [-0.15, -0.1) is 0 Å². The number of aliphatic hydroxyl groups excluding tert-OH is 1. The second kappa shape index (κ2) is 8.55. The second-order valence-electron chi connectivity index (χ2n) is 5.45. The van der Waals surface area contributed by atoms with Crippen LogP contribution in [0.1, 0.15) is 6.42 Å². The van der Waals surface area contributed by atoms with Crippen molar-refractivity contribution >= 4 is 29.1 Å². The molecule has 0 aliphatic rings. The van der Waals surface area contributed by atoms with E-state index in [-0.39, 0.29) is 12.3 Å². The van der Waals surface area contributed by atoms with E-state index in [9.17, 15) is 4.39 Å². The Morgan fingerprint density at radius 2 is 1.88 bits per heavy atom. The van der Waals surface area contributed by atoms with E-state index >= 15 is 0 Å². The first-order chi connectivity index (χ1) is 12.7. The summed E-state index contributed by atoms with van der Waals surface area (Å²) in [6.07, 6.45) is 3.90. The Kier molecular flexibility index (Phi) is 5.93. The molecule has 0 atom stereocenters. The topological polar surface area (TPSA) is 83.0 Å². The van der Waals surface area contributed by atoms with Crippen molar-refractivity contribution in [1.29, 1.82) is 0 Å². The summed E-state index contributed by atoms with van der Waals surface area (Å²) in [5.41, 5.74) is 1.72. The molecule has 6 nitrogen and oxygen atoms in total. The Morgan fingerprint density at radius 1 is 1.08 bits per heavy atom. The molecule has 0 aliphatic heterocycles. The Bertz CT molecular complexity index is 879. The first-order valence-electron chi connectivity index (χ1n) is 8.02. The lowest BCUT2D eigenvalue weighted by Gasteiger charge is -2.12. The van der Waals surface area contributed by atoms with Crippen LogP contribution in [0.25, 0.3) is 11.3 Å². The van der Waals surface area contributed by atoms with Crippen molar-refractivity contribution in [3.8, 4) is 11.3 Å². The van der Waals surface area contributed by atoms with Gasteiger partial charge in [-0.3, -0.25) is 4.98 Å². The summed E-state index contributed by atoms with van der Waals surface area (Å²) in [6, 6.07) is 9.62. The number of halogens is 2. The lowest BCUT2D eigenvalue weighted by atomic mass is 10.2. The molecule has 3 aromatic rings. The van der Waals surface area contributed by atoms with E-state index in [2.05, 4.69) is 25.6 Å². The highest BCUT2D eigenvalue weighted by Gasteiger charge is 2.09. The summed E-state index contributed by atoms with van der Waals surface area (Å²) in [5.74, 6) is 0.352. The highest BCUT2D eigenvalue weighted by molar-refractivity contribution is 6.30. The van der Waals surface area contributed by atoms with Gasteiger partial charge in [0, 0.05) is 42.2 Å². The fourth-order valence-electron chi connectivity index (χ4n) is 2.27. The maximum Gasteiger partial charge on any atom is 0.225 e. The highest BCUT2D eigenvalue weighted by atomic mass is 35.5. The fourth-order valence-corrected chi connectivity index (χ4v) is 2.44. The number of benzene rings is 1. The SMILES string of the molecule is OCCCNc1nc(Nc2cc(Cl)ccc2F)cc(-c2ccncc2)n1. The first-order valence-corrected chi connectivity index (χ1v) is 8.40. The van der Waals surface area contributed by atoms with Crippen molar-refractivity contribution < 1.29 is 9.50 Å². The largest absolute Gasteiger partial charge is 0.396 e. The van der Waals surface area contributed by atoms with Crippen LogP contribution in [0, 0.1) is 5.82 Å². The number of nitrogens with zero attached hydrogens (tertiary/aromatic N) is 3. The van der Waals surface area contributed by atoms with Gasteiger partial charge in [-0.05, 0) is 36.8 Å². The van der Waals surface area contributed by atoms with Crippen LogP contribution in [-0.2, 0) is 0 Å². The van der Waals surface area contributed by atoms with E-state index in [0.29, 0.717) is 35.4 Å². The van der Waals surface area contributed by atoms with E-state index in [4.69, 9.17) is 16.7 Å². The van der Waals surface area contributed by atoms with Crippen molar-refractivity contribution in [2.75, 3.05) is 23.8 Å². The number of hydrogen-bond donors (Lipinski definition) is 3. The van der Waals surface area contributed by atoms with Crippen molar-refractivity contribution in [3.05, 3.63) is 59.6 Å². The molecule has 0 aliphatic carbocycles. The Morgan fingerprint density at radius 3 is 2.65 bits per heavy atom. The Balaban J connectivity index is 1.95. The first kappa shape index (κ1) is 18.0. The predicted molar refractivity (Wildman–Crippen MR) is 100 cm³/mol. The lowest BCUT2D eigenvalue weighted by Crippen LogP contribution is -2.09. The van der Waals surface area contributed by atoms with Gasteiger partial charge in [-0.25, -0.2) is 9.37 Å². The fraction of sp³-hybridized carbons (Fsp3) is 0.167. The minimum Gasteiger partial charge on any atom is -0.396 e. The van der Waals surface area contributed by atoms with E-state index in [1.54, 1.807) is 18.5 Å². The monoisotopic (exact) mass is 373 g/mol. The molecule has 0 fully saturated rings. The number of nitrogens with one attached hydrogen (secondary N) is 2. The van der Waals surface area contributed by atoms with Gasteiger partial charge in [0.25, 0.3) is 0 Å². The van der Waals surface area contributed by atoms with Crippen LogP contribution in [0.5, 0.6) is 0 Å². The summed E-state index contributed by atoms with van der Waals surface area (Å²) >= 11 is 5.94. The molecule has 2 heterocycles. The molecule has 0 unspecified atom stereocenters. The second-order valence-corrected chi connectivity index (χ2v) is 5.89. The molecule has 0 spiro atoms. The van der Waals surface area contributed by atoms with Crippen LogP contribution in [0.15, 0.2) is 48.8 Å². The third kappa shape index (κ3) is 4.65. The quantitative estimate of drug-likeness (QED) is 0.545. The molecule has 3 rings (SSSR count). The molecular weight excluding hydrogens is 357 g/mol. The number of hydrogen-bond acceptors (Lipinski definition) is 6. The average molecular weight is 374 g/mol. The molecule has 0 bridgehead atoms. The summed E-state index contributed by atoms with van der Waals surface area (Å²) in [5, 5.41) is 15.3. The van der Waals surface area contributed by atoms with Crippen LogP contribution in [0.4, 0.5) is 21.8 Å². The molecular formula is C18H17ClFN5O. The van der Waals surface area contributed by atoms with Crippen molar-refractivity contribution in [2.24, 2.45) is 0 Å². The van der Waals surface area contributed by atoms with E-state index < -0.39 is 5.82 Å². The van der Waals surface area contributed by atoms with Crippen molar-refractivity contribution in [1.82, 2.24) is 15.0 Å². The van der Waals surface area contributed by atoms with E-state index in [1.807, 2.05) is 12.1 Å². The molecule has 8 heteroatoms. The molecule has 26 heavy (non-hydrogen) atoms. The molecule has 1 aromatic carbocycles. The third-order valence-electron chi connectivity index (χ3n) is 3.51. The van der Waals surface area contributed by atoms with Gasteiger partial charge >= 0.3 is 0 Å². The van der Waals surface area contributed by atoms with Gasteiger partial charge < -0.3 is 15.7 Å². The zero-order valence-electron chi connectivity index (χ0n) is 13.8. The van der Waals surface area contributed by atoms with Gasteiger partial charge in [0.15, 0.2) is 0 Å². The summed E-state index contributed by atoms with van der Waals surface area (Å²) in [7, 11) is 0. The van der Waals surface area contributed by atoms with Crippen LogP contribution < -0.4 is 10.6 Å². The van der Waals surface area contributed by atoms with E-state index in [0.717, 1.165) is 5.56 Å². The van der Waals surface area contributed by atoms with E-state index in [1.165, 1.54) is 18.2 Å². The Labute approximate surface area is 155 Å². The highest BCUT2D eigenvalue weighted by Crippen LogP contribution is 2.26. The summed E-state index contributed by atoms with van der Waals surface area (Å²) in [6.45, 7) is 0.580. The molecule has 134 valence electrons.